The fourth-order valence-electron chi connectivity index (χ4n) is 2.98. The van der Waals surface area contributed by atoms with Crippen LogP contribution in [0.5, 0.6) is 0 Å². The zero-order valence-corrected chi connectivity index (χ0v) is 18.4. The molecule has 0 spiro atoms. The maximum absolute atomic E-state index is 12.0. The van der Waals surface area contributed by atoms with Gasteiger partial charge in [0, 0.05) is 64.8 Å². The molecule has 0 aliphatic carbocycles. The summed E-state index contributed by atoms with van der Waals surface area (Å²) in [5.41, 5.74) is 0. The van der Waals surface area contributed by atoms with Gasteiger partial charge in [-0.2, -0.15) is 0 Å². The number of likely N-dealkylation sites (N-methyl/N-ethyl adjacent to an activating group) is 2. The first-order chi connectivity index (χ1) is 13.5. The second-order valence-electron chi connectivity index (χ2n) is 7.31. The van der Waals surface area contributed by atoms with Crippen molar-refractivity contribution in [1.82, 2.24) is 25.0 Å². The van der Waals surface area contributed by atoms with E-state index in [9.17, 15) is 4.79 Å². The van der Waals surface area contributed by atoms with E-state index in [0.717, 1.165) is 63.3 Å². The van der Waals surface area contributed by atoms with Crippen molar-refractivity contribution in [2.45, 2.75) is 19.3 Å². The summed E-state index contributed by atoms with van der Waals surface area (Å²) < 4.78 is 5.39. The first-order valence-corrected chi connectivity index (χ1v) is 10.7. The molecule has 1 unspecified atom stereocenters. The van der Waals surface area contributed by atoms with Gasteiger partial charge in [0.15, 0.2) is 5.96 Å². The molecule has 1 N–H and O–H groups in total. The van der Waals surface area contributed by atoms with Crippen LogP contribution in [0, 0.1) is 0 Å². The number of hydrogen-bond acceptors (Lipinski definition) is 6. The minimum atomic E-state index is -0.00557. The van der Waals surface area contributed by atoms with Crippen molar-refractivity contribution in [3.05, 3.63) is 16.6 Å². The van der Waals surface area contributed by atoms with Gasteiger partial charge in [-0.25, -0.2) is 9.98 Å². The number of carbonyl (C=O) groups excluding carboxylic acids is 1. The monoisotopic (exact) mass is 410 g/mol. The molecule has 0 aromatic carbocycles. The number of ether oxygens (including phenoxy) is 1. The number of amides is 1. The van der Waals surface area contributed by atoms with E-state index in [-0.39, 0.29) is 12.5 Å². The van der Waals surface area contributed by atoms with Gasteiger partial charge in [0.05, 0.1) is 18.2 Å². The Bertz CT molecular complexity index is 602. The molecule has 1 fully saturated rings. The number of carbonyl (C=O) groups is 1. The largest absolute Gasteiger partial charge is 0.379 e. The highest BCUT2D eigenvalue weighted by Gasteiger charge is 2.15. The van der Waals surface area contributed by atoms with E-state index in [1.165, 1.54) is 0 Å². The topological polar surface area (TPSA) is 73.3 Å². The Morgan fingerprint density at radius 1 is 1.39 bits per heavy atom. The van der Waals surface area contributed by atoms with Gasteiger partial charge in [-0.15, -0.1) is 11.3 Å². The first kappa shape index (κ1) is 22.6. The standard InChI is InChI=1S/C19H34N6O2S/c1-16(18-20-7-13-28-18)15-24(4)19(22-14-17(26)23(2)3)21-6-5-8-25-9-11-27-12-10-25/h7,13,16H,5-6,8-12,14-15H2,1-4H3,(H,21,22). The van der Waals surface area contributed by atoms with Gasteiger partial charge in [0.25, 0.3) is 0 Å². The van der Waals surface area contributed by atoms with E-state index in [1.54, 1.807) is 30.3 Å². The van der Waals surface area contributed by atoms with Crippen molar-refractivity contribution in [3.8, 4) is 0 Å². The molecule has 28 heavy (non-hydrogen) atoms. The number of aliphatic imine (C=N–C) groups is 1. The number of rotatable bonds is 9. The Balaban J connectivity index is 1.87. The van der Waals surface area contributed by atoms with Crippen molar-refractivity contribution in [2.75, 3.05) is 73.6 Å². The summed E-state index contributed by atoms with van der Waals surface area (Å²) in [6, 6.07) is 0. The average molecular weight is 411 g/mol. The zero-order chi connectivity index (χ0) is 20.4. The Morgan fingerprint density at radius 3 is 2.79 bits per heavy atom. The molecule has 2 rings (SSSR count). The van der Waals surface area contributed by atoms with Crippen LogP contribution in [0.15, 0.2) is 16.6 Å². The quantitative estimate of drug-likeness (QED) is 0.371. The molecule has 0 bridgehead atoms. The molecule has 9 heteroatoms. The summed E-state index contributed by atoms with van der Waals surface area (Å²) in [5, 5.41) is 6.55. The van der Waals surface area contributed by atoms with E-state index in [2.05, 4.69) is 32.0 Å². The molecule has 0 saturated carbocycles. The summed E-state index contributed by atoms with van der Waals surface area (Å²) in [6.45, 7) is 8.62. The molecule has 1 aromatic rings. The second kappa shape index (κ2) is 12.0. The van der Waals surface area contributed by atoms with Gasteiger partial charge in [-0.3, -0.25) is 9.69 Å². The molecule has 1 amide bonds. The lowest BCUT2D eigenvalue weighted by molar-refractivity contribution is -0.127. The van der Waals surface area contributed by atoms with E-state index in [1.807, 2.05) is 18.6 Å². The molecule has 158 valence electrons. The fraction of sp³-hybridized carbons (Fsp3) is 0.737. The van der Waals surface area contributed by atoms with Crippen molar-refractivity contribution < 1.29 is 9.53 Å². The van der Waals surface area contributed by atoms with Gasteiger partial charge < -0.3 is 19.9 Å². The summed E-state index contributed by atoms with van der Waals surface area (Å²) in [7, 11) is 5.52. The highest BCUT2D eigenvalue weighted by Crippen LogP contribution is 2.18. The van der Waals surface area contributed by atoms with E-state index in [0.29, 0.717) is 5.92 Å². The number of nitrogens with zero attached hydrogens (tertiary/aromatic N) is 5. The predicted octanol–water partition coefficient (Wildman–Crippen LogP) is 0.935. The maximum Gasteiger partial charge on any atom is 0.243 e. The normalized spacial score (nSPS) is 16.6. The number of thiazole rings is 1. The highest BCUT2D eigenvalue weighted by atomic mass is 32.1. The van der Waals surface area contributed by atoms with Crippen molar-refractivity contribution >= 4 is 23.2 Å². The molecule has 0 radical (unpaired) electrons. The van der Waals surface area contributed by atoms with Crippen LogP contribution in [0.1, 0.15) is 24.3 Å². The molecule has 8 nitrogen and oxygen atoms in total. The Labute approximate surface area is 172 Å². The maximum atomic E-state index is 12.0. The van der Waals surface area contributed by atoms with Gasteiger partial charge in [0.2, 0.25) is 5.91 Å². The van der Waals surface area contributed by atoms with E-state index in [4.69, 9.17) is 4.74 Å². The van der Waals surface area contributed by atoms with E-state index >= 15 is 0 Å². The minimum Gasteiger partial charge on any atom is -0.379 e. The van der Waals surface area contributed by atoms with Crippen LogP contribution in [0.3, 0.4) is 0 Å². The molecule has 1 saturated heterocycles. The second-order valence-corrected chi connectivity index (χ2v) is 8.24. The molecule has 1 aromatic heterocycles. The minimum absolute atomic E-state index is 0.00557. The Morgan fingerprint density at radius 2 is 2.14 bits per heavy atom. The van der Waals surface area contributed by atoms with Gasteiger partial charge in [0.1, 0.15) is 6.54 Å². The van der Waals surface area contributed by atoms with Crippen LogP contribution in [-0.4, -0.2) is 105 Å². The fourth-order valence-corrected chi connectivity index (χ4v) is 3.67. The molecule has 1 aliphatic heterocycles. The third-order valence-corrected chi connectivity index (χ3v) is 5.69. The molecule has 2 heterocycles. The predicted molar refractivity (Wildman–Crippen MR) is 114 cm³/mol. The van der Waals surface area contributed by atoms with Crippen LogP contribution in [0.4, 0.5) is 0 Å². The lowest BCUT2D eigenvalue weighted by atomic mass is 10.2. The zero-order valence-electron chi connectivity index (χ0n) is 17.6. The molecule has 1 aliphatic rings. The van der Waals surface area contributed by atoms with Crippen LogP contribution >= 0.6 is 11.3 Å². The number of guanidine groups is 1. The first-order valence-electron chi connectivity index (χ1n) is 9.86. The lowest BCUT2D eigenvalue weighted by Gasteiger charge is -2.27. The summed E-state index contributed by atoms with van der Waals surface area (Å²) in [6.07, 6.45) is 2.86. The number of hydrogen-bond donors (Lipinski definition) is 1. The number of aromatic nitrogens is 1. The number of morpholine rings is 1. The van der Waals surface area contributed by atoms with Crippen LogP contribution in [-0.2, 0) is 9.53 Å². The van der Waals surface area contributed by atoms with Crippen LogP contribution in [0.25, 0.3) is 0 Å². The summed E-state index contributed by atoms with van der Waals surface area (Å²) in [4.78, 5) is 27.0. The highest BCUT2D eigenvalue weighted by molar-refractivity contribution is 7.09. The lowest BCUT2D eigenvalue weighted by Crippen LogP contribution is -2.43. The average Bonchev–Trinajstić information content (AvgIpc) is 3.22. The number of nitrogens with one attached hydrogen (secondary N) is 1. The smallest absolute Gasteiger partial charge is 0.243 e. The SMILES string of the molecule is CC(CN(C)C(=NCC(=O)N(C)C)NCCCN1CCOCC1)c1nccs1. The Hall–Kier alpha value is -1.71. The summed E-state index contributed by atoms with van der Waals surface area (Å²) >= 11 is 1.67. The van der Waals surface area contributed by atoms with Gasteiger partial charge >= 0.3 is 0 Å². The molecular formula is C19H34N6O2S. The van der Waals surface area contributed by atoms with Crippen LogP contribution in [0.2, 0.25) is 0 Å². The Kier molecular flexibility index (Phi) is 9.66. The third-order valence-electron chi connectivity index (χ3n) is 4.68. The van der Waals surface area contributed by atoms with Gasteiger partial charge in [-0.05, 0) is 13.0 Å². The van der Waals surface area contributed by atoms with Crippen LogP contribution < -0.4 is 5.32 Å². The van der Waals surface area contributed by atoms with Crippen molar-refractivity contribution in [1.29, 1.82) is 0 Å². The summed E-state index contributed by atoms with van der Waals surface area (Å²) in [5.74, 6) is 1.06. The molecular weight excluding hydrogens is 376 g/mol. The van der Waals surface area contributed by atoms with Gasteiger partial charge in [-0.1, -0.05) is 6.92 Å². The third kappa shape index (κ3) is 7.73. The molecule has 1 atom stereocenters. The van der Waals surface area contributed by atoms with Crippen molar-refractivity contribution in [2.24, 2.45) is 4.99 Å². The van der Waals surface area contributed by atoms with Crippen molar-refractivity contribution in [3.63, 3.8) is 0 Å². The van der Waals surface area contributed by atoms with E-state index < -0.39 is 0 Å².